The van der Waals surface area contributed by atoms with Crippen molar-refractivity contribution >= 4 is 17.2 Å². The fraction of sp³-hybridized carbons (Fsp3) is 0.611. The Morgan fingerprint density at radius 3 is 2.88 bits per heavy atom. The molecule has 0 aliphatic carbocycles. The fourth-order valence-electron chi connectivity index (χ4n) is 3.63. The van der Waals surface area contributed by atoms with Gasteiger partial charge < -0.3 is 14.2 Å². The van der Waals surface area contributed by atoms with Crippen molar-refractivity contribution in [3.05, 3.63) is 33.6 Å². The Bertz CT molecular complexity index is 736. The van der Waals surface area contributed by atoms with Gasteiger partial charge in [-0.1, -0.05) is 5.16 Å². The summed E-state index contributed by atoms with van der Waals surface area (Å²) in [6, 6.07) is 2.00. The Hall–Kier alpha value is -1.73. The predicted molar refractivity (Wildman–Crippen MR) is 94.0 cm³/mol. The van der Waals surface area contributed by atoms with Crippen molar-refractivity contribution < 1.29 is 14.1 Å². The van der Waals surface area contributed by atoms with Gasteiger partial charge in [-0.25, -0.2) is 0 Å². The number of hydrogen-bond donors (Lipinski definition) is 0. The first-order valence-corrected chi connectivity index (χ1v) is 9.85. The van der Waals surface area contributed by atoms with E-state index in [0.29, 0.717) is 18.4 Å². The number of carbonyl (C=O) groups is 1. The Kier molecular flexibility index (Phi) is 4.85. The van der Waals surface area contributed by atoms with Gasteiger partial charge in [-0.2, -0.15) is 4.98 Å². The summed E-state index contributed by atoms with van der Waals surface area (Å²) in [5, 5.41) is 6.18. The highest BCUT2D eigenvalue weighted by molar-refractivity contribution is 7.12. The Balaban J connectivity index is 1.45. The average Bonchev–Trinajstić information content (AvgIpc) is 3.31. The quantitative estimate of drug-likeness (QED) is 0.838. The van der Waals surface area contributed by atoms with E-state index in [0.717, 1.165) is 61.7 Å². The molecule has 0 bridgehead atoms. The maximum absolute atomic E-state index is 12.8. The van der Waals surface area contributed by atoms with Crippen LogP contribution in [0.25, 0.3) is 0 Å². The van der Waals surface area contributed by atoms with E-state index in [2.05, 4.69) is 10.1 Å². The monoisotopic (exact) mass is 361 g/mol. The zero-order valence-corrected chi connectivity index (χ0v) is 15.3. The lowest BCUT2D eigenvalue weighted by Gasteiger charge is -2.31. The Morgan fingerprint density at radius 2 is 2.12 bits per heavy atom. The Labute approximate surface area is 151 Å². The fourth-order valence-corrected chi connectivity index (χ4v) is 4.53. The number of hydrogen-bond acceptors (Lipinski definition) is 6. The number of thiophene rings is 1. The van der Waals surface area contributed by atoms with Gasteiger partial charge in [0, 0.05) is 32.2 Å². The number of likely N-dealkylation sites (tertiary alicyclic amines) is 1. The number of ether oxygens (including phenoxy) is 1. The molecule has 0 radical (unpaired) electrons. The van der Waals surface area contributed by atoms with Gasteiger partial charge in [0.2, 0.25) is 5.89 Å². The summed E-state index contributed by atoms with van der Waals surface area (Å²) in [6.07, 6.45) is 3.86. The van der Waals surface area contributed by atoms with E-state index in [4.69, 9.17) is 9.26 Å². The molecule has 2 aliphatic heterocycles. The minimum atomic E-state index is 0.126. The van der Waals surface area contributed by atoms with Gasteiger partial charge in [0.25, 0.3) is 5.91 Å². The van der Waals surface area contributed by atoms with Crippen LogP contribution < -0.4 is 0 Å². The topological polar surface area (TPSA) is 68.5 Å². The lowest BCUT2D eigenvalue weighted by Crippen LogP contribution is -2.39. The summed E-state index contributed by atoms with van der Waals surface area (Å²) >= 11 is 1.52. The molecule has 0 aromatic carbocycles. The number of aromatic nitrogens is 2. The maximum Gasteiger partial charge on any atom is 0.264 e. The van der Waals surface area contributed by atoms with E-state index in [-0.39, 0.29) is 11.8 Å². The molecule has 2 aliphatic rings. The van der Waals surface area contributed by atoms with Crippen LogP contribution in [0.2, 0.25) is 0 Å². The number of nitrogens with zero attached hydrogens (tertiary/aromatic N) is 3. The lowest BCUT2D eigenvalue weighted by atomic mass is 9.97. The van der Waals surface area contributed by atoms with E-state index in [1.54, 1.807) is 0 Å². The number of piperidine rings is 1. The zero-order valence-electron chi connectivity index (χ0n) is 14.4. The van der Waals surface area contributed by atoms with Gasteiger partial charge in [0.05, 0.1) is 10.8 Å². The predicted octanol–water partition coefficient (Wildman–Crippen LogP) is 3.35. The van der Waals surface area contributed by atoms with Crippen LogP contribution in [-0.2, 0) is 4.74 Å². The van der Waals surface area contributed by atoms with Gasteiger partial charge in [-0.05, 0) is 49.6 Å². The summed E-state index contributed by atoms with van der Waals surface area (Å²) in [5.74, 6) is 2.08. The first-order valence-electron chi connectivity index (χ1n) is 8.97. The molecule has 2 saturated heterocycles. The minimum Gasteiger partial charge on any atom is -0.381 e. The first kappa shape index (κ1) is 16.7. The van der Waals surface area contributed by atoms with Gasteiger partial charge in [0.15, 0.2) is 5.82 Å². The second kappa shape index (κ2) is 7.25. The molecule has 0 N–H and O–H groups in total. The molecule has 4 heterocycles. The third-order valence-electron chi connectivity index (χ3n) is 5.16. The standard InChI is InChI=1S/C18H23N3O3S/c1-12-6-10-25-15(12)18(22)21-7-2-3-14(11-21)17-19-16(20-24-17)13-4-8-23-9-5-13/h6,10,13-14H,2-5,7-9,11H2,1H3. The molecule has 0 saturated carbocycles. The summed E-state index contributed by atoms with van der Waals surface area (Å²) in [6.45, 7) is 4.98. The average molecular weight is 361 g/mol. The van der Waals surface area contributed by atoms with Crippen molar-refractivity contribution in [2.75, 3.05) is 26.3 Å². The van der Waals surface area contributed by atoms with Crippen LogP contribution in [0, 0.1) is 6.92 Å². The molecule has 2 fully saturated rings. The number of amides is 1. The molecule has 4 rings (SSSR count). The molecule has 1 atom stereocenters. The minimum absolute atomic E-state index is 0.126. The third kappa shape index (κ3) is 3.48. The smallest absolute Gasteiger partial charge is 0.264 e. The molecule has 134 valence electrons. The summed E-state index contributed by atoms with van der Waals surface area (Å²) in [7, 11) is 0. The summed E-state index contributed by atoms with van der Waals surface area (Å²) in [4.78, 5) is 20.2. The van der Waals surface area contributed by atoms with E-state index in [1.165, 1.54) is 11.3 Å². The van der Waals surface area contributed by atoms with Crippen LogP contribution in [-0.4, -0.2) is 47.3 Å². The maximum atomic E-state index is 12.8. The van der Waals surface area contributed by atoms with Crippen LogP contribution in [0.5, 0.6) is 0 Å². The molecule has 0 spiro atoms. The van der Waals surface area contributed by atoms with Gasteiger partial charge in [-0.15, -0.1) is 11.3 Å². The van der Waals surface area contributed by atoms with E-state index in [9.17, 15) is 4.79 Å². The second-order valence-corrected chi connectivity index (χ2v) is 7.82. The van der Waals surface area contributed by atoms with Gasteiger partial charge in [-0.3, -0.25) is 4.79 Å². The summed E-state index contributed by atoms with van der Waals surface area (Å²) < 4.78 is 11.0. The highest BCUT2D eigenvalue weighted by Gasteiger charge is 2.31. The third-order valence-corrected chi connectivity index (χ3v) is 6.16. The molecule has 6 nitrogen and oxygen atoms in total. The SMILES string of the molecule is Cc1ccsc1C(=O)N1CCCC(c2nc(C3CCOCC3)no2)C1. The highest BCUT2D eigenvalue weighted by atomic mass is 32.1. The van der Waals surface area contributed by atoms with E-state index in [1.807, 2.05) is 23.3 Å². The Morgan fingerprint density at radius 1 is 1.28 bits per heavy atom. The summed E-state index contributed by atoms with van der Waals surface area (Å²) in [5.41, 5.74) is 1.05. The van der Waals surface area contributed by atoms with Crippen molar-refractivity contribution in [1.29, 1.82) is 0 Å². The highest BCUT2D eigenvalue weighted by Crippen LogP contribution is 2.30. The van der Waals surface area contributed by atoms with Crippen molar-refractivity contribution in [2.45, 2.75) is 44.4 Å². The molecular formula is C18H23N3O3S. The molecule has 2 aromatic rings. The molecule has 2 aromatic heterocycles. The number of carbonyl (C=O) groups excluding carboxylic acids is 1. The van der Waals surface area contributed by atoms with Crippen molar-refractivity contribution in [3.8, 4) is 0 Å². The van der Waals surface area contributed by atoms with Crippen molar-refractivity contribution in [2.24, 2.45) is 0 Å². The van der Waals surface area contributed by atoms with Crippen LogP contribution in [0.15, 0.2) is 16.0 Å². The van der Waals surface area contributed by atoms with Crippen molar-refractivity contribution in [3.63, 3.8) is 0 Å². The van der Waals surface area contributed by atoms with Gasteiger partial charge >= 0.3 is 0 Å². The van der Waals surface area contributed by atoms with Crippen LogP contribution in [0.1, 0.15) is 64.5 Å². The zero-order chi connectivity index (χ0) is 17.2. The van der Waals surface area contributed by atoms with Gasteiger partial charge in [0.1, 0.15) is 0 Å². The molecule has 1 unspecified atom stereocenters. The second-order valence-electron chi connectivity index (χ2n) is 6.90. The molecule has 25 heavy (non-hydrogen) atoms. The van der Waals surface area contributed by atoms with Crippen molar-refractivity contribution in [1.82, 2.24) is 15.0 Å². The van der Waals surface area contributed by atoms with Crippen LogP contribution in [0.4, 0.5) is 0 Å². The normalized spacial score (nSPS) is 22.3. The molecule has 1 amide bonds. The van der Waals surface area contributed by atoms with Crippen LogP contribution >= 0.6 is 11.3 Å². The molecular weight excluding hydrogens is 338 g/mol. The lowest BCUT2D eigenvalue weighted by molar-refractivity contribution is 0.0700. The largest absolute Gasteiger partial charge is 0.381 e. The van der Waals surface area contributed by atoms with E-state index >= 15 is 0 Å². The number of rotatable bonds is 3. The van der Waals surface area contributed by atoms with Crippen LogP contribution in [0.3, 0.4) is 0 Å². The number of aryl methyl sites for hydroxylation is 1. The van der Waals surface area contributed by atoms with E-state index < -0.39 is 0 Å². The first-order chi connectivity index (χ1) is 12.2. The molecule has 7 heteroatoms.